The molecule has 0 saturated carbocycles. The van der Waals surface area contributed by atoms with Crippen LogP contribution in [0.3, 0.4) is 0 Å². The summed E-state index contributed by atoms with van der Waals surface area (Å²) >= 11 is 0. The highest BCUT2D eigenvalue weighted by atomic mass is 127. The molecule has 2 heterocycles. The molecule has 1 aromatic carbocycles. The Kier molecular flexibility index (Phi) is 10.9. The maximum atomic E-state index is 13.9. The molecule has 3 rings (SSSR count). The molecule has 2 N–H and O–H groups in total. The van der Waals surface area contributed by atoms with Gasteiger partial charge in [0.15, 0.2) is 5.96 Å². The van der Waals surface area contributed by atoms with Crippen molar-refractivity contribution >= 4 is 35.6 Å². The molecule has 0 bridgehead atoms. The summed E-state index contributed by atoms with van der Waals surface area (Å²) in [6.45, 7) is 7.35. The first-order chi connectivity index (χ1) is 14.3. The standard InChI is InChI=1S/C21H32FN7.HI/c1-23-21(25-10-5-13-29-14-6-11-26-29)24-9-4-12-27-15-17-28(18-16-27)20-8-3-2-7-19(20)22;/h2-3,6-8,11,14H,4-5,9-10,12-13,15-18H2,1H3,(H2,23,24,25);1H. The van der Waals surface area contributed by atoms with Crippen LogP contribution in [-0.2, 0) is 6.54 Å². The lowest BCUT2D eigenvalue weighted by molar-refractivity contribution is 0.254. The Morgan fingerprint density at radius 1 is 1.03 bits per heavy atom. The molecule has 0 amide bonds. The smallest absolute Gasteiger partial charge is 0.190 e. The molecule has 1 aliphatic rings. The third-order valence-corrected chi connectivity index (χ3v) is 5.15. The van der Waals surface area contributed by atoms with Gasteiger partial charge in [-0.15, -0.1) is 24.0 Å². The van der Waals surface area contributed by atoms with E-state index in [4.69, 9.17) is 0 Å². The van der Waals surface area contributed by atoms with Crippen molar-refractivity contribution in [2.45, 2.75) is 19.4 Å². The van der Waals surface area contributed by atoms with Gasteiger partial charge in [0, 0.05) is 65.3 Å². The number of aryl methyl sites for hydroxylation is 1. The number of para-hydroxylation sites is 1. The minimum absolute atomic E-state index is 0. The van der Waals surface area contributed by atoms with Crippen LogP contribution in [0.4, 0.5) is 10.1 Å². The zero-order valence-corrected chi connectivity index (χ0v) is 20.0. The number of halogens is 2. The Morgan fingerprint density at radius 2 is 1.73 bits per heavy atom. The molecule has 166 valence electrons. The first kappa shape index (κ1) is 24.4. The van der Waals surface area contributed by atoms with E-state index in [-0.39, 0.29) is 29.8 Å². The molecule has 1 aromatic heterocycles. The molecule has 7 nitrogen and oxygen atoms in total. The largest absolute Gasteiger partial charge is 0.367 e. The van der Waals surface area contributed by atoms with Gasteiger partial charge < -0.3 is 15.5 Å². The summed E-state index contributed by atoms with van der Waals surface area (Å²) in [4.78, 5) is 8.86. The third-order valence-electron chi connectivity index (χ3n) is 5.15. The number of nitrogens with zero attached hydrogens (tertiary/aromatic N) is 5. The Morgan fingerprint density at radius 3 is 2.37 bits per heavy atom. The van der Waals surface area contributed by atoms with Crippen molar-refractivity contribution in [1.82, 2.24) is 25.3 Å². The fraction of sp³-hybridized carbons (Fsp3) is 0.524. The molecule has 1 fully saturated rings. The molecule has 0 unspecified atom stereocenters. The van der Waals surface area contributed by atoms with E-state index in [1.165, 1.54) is 6.07 Å². The van der Waals surface area contributed by atoms with Crippen LogP contribution in [0.15, 0.2) is 47.7 Å². The fourth-order valence-electron chi connectivity index (χ4n) is 3.53. The second-order valence-corrected chi connectivity index (χ2v) is 7.18. The van der Waals surface area contributed by atoms with Crippen LogP contribution in [0.25, 0.3) is 0 Å². The van der Waals surface area contributed by atoms with E-state index < -0.39 is 0 Å². The second-order valence-electron chi connectivity index (χ2n) is 7.18. The SMILES string of the molecule is CN=C(NCCCN1CCN(c2ccccc2F)CC1)NCCCn1cccn1.I. The van der Waals surface area contributed by atoms with Gasteiger partial charge in [0.05, 0.1) is 5.69 Å². The number of benzene rings is 1. The number of hydrogen-bond acceptors (Lipinski definition) is 4. The van der Waals surface area contributed by atoms with E-state index in [1.54, 1.807) is 19.3 Å². The number of guanidine groups is 1. The molecule has 0 radical (unpaired) electrons. The van der Waals surface area contributed by atoms with Gasteiger partial charge in [0.1, 0.15) is 5.82 Å². The zero-order valence-electron chi connectivity index (χ0n) is 17.6. The number of aliphatic imine (C=N–C) groups is 1. The van der Waals surface area contributed by atoms with Crippen molar-refractivity contribution in [3.63, 3.8) is 0 Å². The summed E-state index contributed by atoms with van der Waals surface area (Å²) in [7, 11) is 1.80. The Labute approximate surface area is 195 Å². The molecular weight excluding hydrogens is 496 g/mol. The van der Waals surface area contributed by atoms with Gasteiger partial charge in [-0.05, 0) is 37.6 Å². The highest BCUT2D eigenvalue weighted by molar-refractivity contribution is 14.0. The van der Waals surface area contributed by atoms with E-state index in [1.807, 2.05) is 29.1 Å². The van der Waals surface area contributed by atoms with Gasteiger partial charge in [-0.2, -0.15) is 5.10 Å². The molecule has 0 spiro atoms. The van der Waals surface area contributed by atoms with Gasteiger partial charge in [-0.25, -0.2) is 4.39 Å². The normalized spacial score (nSPS) is 15.0. The minimum Gasteiger partial charge on any atom is -0.367 e. The summed E-state index contributed by atoms with van der Waals surface area (Å²) in [6.07, 6.45) is 5.82. The van der Waals surface area contributed by atoms with Crippen molar-refractivity contribution in [2.75, 3.05) is 57.8 Å². The summed E-state index contributed by atoms with van der Waals surface area (Å²) in [5.74, 6) is 0.712. The Bertz CT molecular complexity index is 746. The van der Waals surface area contributed by atoms with Gasteiger partial charge >= 0.3 is 0 Å². The maximum Gasteiger partial charge on any atom is 0.190 e. The topological polar surface area (TPSA) is 60.7 Å². The minimum atomic E-state index is -0.131. The highest BCUT2D eigenvalue weighted by Crippen LogP contribution is 2.20. The number of nitrogens with one attached hydrogen (secondary N) is 2. The lowest BCUT2D eigenvalue weighted by atomic mass is 10.2. The summed E-state index contributed by atoms with van der Waals surface area (Å²) in [6, 6.07) is 8.97. The van der Waals surface area contributed by atoms with E-state index in [9.17, 15) is 4.39 Å². The van der Waals surface area contributed by atoms with Gasteiger partial charge in [0.2, 0.25) is 0 Å². The number of hydrogen-bond donors (Lipinski definition) is 2. The third kappa shape index (κ3) is 7.75. The molecule has 2 aromatic rings. The van der Waals surface area contributed by atoms with Gasteiger partial charge in [-0.1, -0.05) is 12.1 Å². The Balaban J connectivity index is 0.00000320. The Hall–Kier alpha value is -1.88. The zero-order chi connectivity index (χ0) is 20.3. The summed E-state index contributed by atoms with van der Waals surface area (Å²) < 4.78 is 15.9. The van der Waals surface area contributed by atoms with E-state index >= 15 is 0 Å². The van der Waals surface area contributed by atoms with Gasteiger partial charge in [0.25, 0.3) is 0 Å². The summed E-state index contributed by atoms with van der Waals surface area (Å²) in [5, 5.41) is 10.9. The monoisotopic (exact) mass is 529 g/mol. The van der Waals surface area contributed by atoms with Crippen LogP contribution < -0.4 is 15.5 Å². The average Bonchev–Trinajstić information content (AvgIpc) is 3.27. The van der Waals surface area contributed by atoms with Crippen LogP contribution in [0.5, 0.6) is 0 Å². The van der Waals surface area contributed by atoms with Crippen LogP contribution >= 0.6 is 24.0 Å². The molecule has 9 heteroatoms. The van der Waals surface area contributed by atoms with E-state index in [2.05, 4.69) is 30.5 Å². The lowest BCUT2D eigenvalue weighted by Crippen LogP contribution is -2.47. The van der Waals surface area contributed by atoms with Crippen molar-refractivity contribution in [3.8, 4) is 0 Å². The van der Waals surface area contributed by atoms with Crippen LogP contribution in [0.2, 0.25) is 0 Å². The lowest BCUT2D eigenvalue weighted by Gasteiger charge is -2.36. The van der Waals surface area contributed by atoms with Crippen molar-refractivity contribution < 1.29 is 4.39 Å². The maximum absolute atomic E-state index is 13.9. The molecule has 0 atom stereocenters. The molecule has 0 aliphatic carbocycles. The molecule has 30 heavy (non-hydrogen) atoms. The quantitative estimate of drug-likeness (QED) is 0.226. The first-order valence-electron chi connectivity index (χ1n) is 10.4. The van der Waals surface area contributed by atoms with Crippen LogP contribution in [0, 0.1) is 5.82 Å². The number of piperazine rings is 1. The predicted octanol–water partition coefficient (Wildman–Crippen LogP) is 2.41. The first-order valence-corrected chi connectivity index (χ1v) is 10.4. The van der Waals surface area contributed by atoms with Crippen LogP contribution in [-0.4, -0.2) is 73.5 Å². The molecular formula is C21H33FIN7. The summed E-state index contributed by atoms with van der Waals surface area (Å²) in [5.41, 5.74) is 0.719. The fourth-order valence-corrected chi connectivity index (χ4v) is 3.53. The molecule has 1 saturated heterocycles. The number of rotatable bonds is 9. The highest BCUT2D eigenvalue weighted by Gasteiger charge is 2.18. The van der Waals surface area contributed by atoms with Crippen molar-refractivity contribution in [1.29, 1.82) is 0 Å². The van der Waals surface area contributed by atoms with Crippen LogP contribution in [0.1, 0.15) is 12.8 Å². The number of anilines is 1. The molecule has 1 aliphatic heterocycles. The number of aromatic nitrogens is 2. The predicted molar refractivity (Wildman–Crippen MR) is 131 cm³/mol. The second kappa shape index (κ2) is 13.4. The van der Waals surface area contributed by atoms with Gasteiger partial charge in [-0.3, -0.25) is 14.6 Å². The van der Waals surface area contributed by atoms with Crippen molar-refractivity contribution in [3.05, 3.63) is 48.5 Å². The van der Waals surface area contributed by atoms with E-state index in [0.29, 0.717) is 0 Å². The van der Waals surface area contributed by atoms with E-state index in [0.717, 1.165) is 76.8 Å². The van der Waals surface area contributed by atoms with Crippen molar-refractivity contribution in [2.24, 2.45) is 4.99 Å². The average molecular weight is 529 g/mol.